The number of carbonyl (C=O) groups is 4. The van der Waals surface area contributed by atoms with E-state index >= 15 is 0 Å². The molecule has 0 saturated heterocycles. The van der Waals surface area contributed by atoms with Crippen LogP contribution in [0.15, 0.2) is 24.7 Å². The zero-order chi connectivity index (χ0) is 27.8. The molecule has 10 nitrogen and oxygen atoms in total. The van der Waals surface area contributed by atoms with Crippen LogP contribution in [0.4, 0.5) is 0 Å². The predicted molar refractivity (Wildman–Crippen MR) is 131 cm³/mol. The quantitative estimate of drug-likeness (QED) is 0.0816. The zero-order valence-corrected chi connectivity index (χ0v) is 22.6. The summed E-state index contributed by atoms with van der Waals surface area (Å²) in [4.78, 5) is 47.6. The van der Waals surface area contributed by atoms with Gasteiger partial charge < -0.3 is 28.4 Å². The van der Waals surface area contributed by atoms with Crippen molar-refractivity contribution in [3.63, 3.8) is 0 Å². The van der Waals surface area contributed by atoms with E-state index in [-0.39, 0.29) is 37.9 Å². The van der Waals surface area contributed by atoms with E-state index in [2.05, 4.69) is 13.2 Å². The average molecular weight is 515 g/mol. The Morgan fingerprint density at radius 3 is 1.17 bits per heavy atom. The van der Waals surface area contributed by atoms with Gasteiger partial charge in [0.05, 0.1) is 26.4 Å². The Kier molecular flexibility index (Phi) is 15.2. The lowest BCUT2D eigenvalue weighted by Gasteiger charge is -2.24. The first-order valence-electron chi connectivity index (χ1n) is 12.2. The lowest BCUT2D eigenvalue weighted by Crippen LogP contribution is -2.37. The molecular formula is C26H42O10. The smallest absolute Gasteiger partial charge is 0.372 e. The van der Waals surface area contributed by atoms with Gasteiger partial charge in [0.1, 0.15) is 0 Å². The van der Waals surface area contributed by atoms with Crippen LogP contribution in [0.2, 0.25) is 0 Å². The summed E-state index contributed by atoms with van der Waals surface area (Å²) in [6.45, 7) is 17.1. The SMILES string of the molecule is C=C(OC(C)(C)C(=O)OCCCCCCCCOC(=O)C(C)(C)OC(=C)C(=O)OCC)C(=O)OCC. The monoisotopic (exact) mass is 514 g/mol. The van der Waals surface area contributed by atoms with E-state index in [1.807, 2.05) is 0 Å². The van der Waals surface area contributed by atoms with Crippen molar-refractivity contribution in [2.45, 2.75) is 91.3 Å². The van der Waals surface area contributed by atoms with Gasteiger partial charge in [0, 0.05) is 0 Å². The summed E-state index contributed by atoms with van der Waals surface area (Å²) in [5.74, 6) is -3.11. The second-order valence-electron chi connectivity index (χ2n) is 8.91. The second kappa shape index (κ2) is 16.6. The summed E-state index contributed by atoms with van der Waals surface area (Å²) in [6.07, 6.45) is 4.95. The van der Waals surface area contributed by atoms with Crippen LogP contribution in [0.25, 0.3) is 0 Å². The molecule has 0 heterocycles. The largest absolute Gasteiger partial charge is 0.469 e. The molecule has 0 aromatic heterocycles. The highest BCUT2D eigenvalue weighted by Crippen LogP contribution is 2.18. The fraction of sp³-hybridized carbons (Fsp3) is 0.692. The summed E-state index contributed by atoms with van der Waals surface area (Å²) < 4.78 is 30.7. The molecule has 0 spiro atoms. The first-order chi connectivity index (χ1) is 16.8. The Bertz CT molecular complexity index is 703. The molecule has 10 heteroatoms. The molecule has 206 valence electrons. The highest BCUT2D eigenvalue weighted by molar-refractivity contribution is 5.87. The summed E-state index contributed by atoms with van der Waals surface area (Å²) >= 11 is 0. The van der Waals surface area contributed by atoms with Crippen LogP contribution >= 0.6 is 0 Å². The lowest BCUT2D eigenvalue weighted by atomic mass is 10.1. The molecule has 36 heavy (non-hydrogen) atoms. The first-order valence-corrected chi connectivity index (χ1v) is 12.2. The van der Waals surface area contributed by atoms with Gasteiger partial charge in [-0.15, -0.1) is 0 Å². The molecule has 0 aromatic carbocycles. The van der Waals surface area contributed by atoms with Crippen LogP contribution in [-0.2, 0) is 47.6 Å². The van der Waals surface area contributed by atoms with Crippen molar-refractivity contribution < 1.29 is 47.6 Å². The summed E-state index contributed by atoms with van der Waals surface area (Å²) in [7, 11) is 0. The second-order valence-corrected chi connectivity index (χ2v) is 8.91. The van der Waals surface area contributed by atoms with E-state index in [0.717, 1.165) is 25.7 Å². The molecule has 0 bridgehead atoms. The first kappa shape index (κ1) is 33.0. The van der Waals surface area contributed by atoms with Gasteiger partial charge in [-0.1, -0.05) is 25.7 Å². The Labute approximate surface area is 214 Å². The third kappa shape index (κ3) is 13.2. The fourth-order valence-electron chi connectivity index (χ4n) is 2.79. The van der Waals surface area contributed by atoms with Gasteiger partial charge in [0.25, 0.3) is 0 Å². The van der Waals surface area contributed by atoms with Crippen LogP contribution < -0.4 is 0 Å². The number of unbranched alkanes of at least 4 members (excludes halogenated alkanes) is 5. The third-order valence-corrected chi connectivity index (χ3v) is 4.75. The van der Waals surface area contributed by atoms with Gasteiger partial charge in [-0.3, -0.25) is 0 Å². The van der Waals surface area contributed by atoms with Crippen LogP contribution in [-0.4, -0.2) is 61.5 Å². The molecule has 0 unspecified atom stereocenters. The summed E-state index contributed by atoms with van der Waals surface area (Å²) in [5, 5.41) is 0. The van der Waals surface area contributed by atoms with E-state index in [4.69, 9.17) is 28.4 Å². The predicted octanol–water partition coefficient (Wildman–Crippen LogP) is 4.16. The van der Waals surface area contributed by atoms with Crippen LogP contribution in [0.1, 0.15) is 80.1 Å². The average Bonchev–Trinajstić information content (AvgIpc) is 2.79. The topological polar surface area (TPSA) is 124 Å². The maximum absolute atomic E-state index is 12.2. The van der Waals surface area contributed by atoms with Crippen molar-refractivity contribution in [3.05, 3.63) is 24.7 Å². The standard InChI is InChI=1S/C26H42O10/c1-9-31-21(27)19(3)35-25(5,6)23(29)33-17-15-13-11-12-14-16-18-34-24(30)26(7,8)36-20(4)22(28)32-10-2/h3-4,9-18H2,1-2,5-8H3. The molecule has 0 rings (SSSR count). The van der Waals surface area contributed by atoms with Gasteiger partial charge in [0.2, 0.25) is 11.2 Å². The van der Waals surface area contributed by atoms with Crippen molar-refractivity contribution >= 4 is 23.9 Å². The highest BCUT2D eigenvalue weighted by Gasteiger charge is 2.34. The molecule has 0 radical (unpaired) electrons. The molecule has 0 saturated carbocycles. The Morgan fingerprint density at radius 1 is 0.556 bits per heavy atom. The van der Waals surface area contributed by atoms with Crippen molar-refractivity contribution in [2.75, 3.05) is 26.4 Å². The minimum Gasteiger partial charge on any atom is -0.469 e. The van der Waals surface area contributed by atoms with Gasteiger partial charge >= 0.3 is 23.9 Å². The molecule has 0 atom stereocenters. The Morgan fingerprint density at radius 2 is 0.861 bits per heavy atom. The van der Waals surface area contributed by atoms with E-state index in [1.165, 1.54) is 27.7 Å². The molecule has 0 aromatic rings. The Hall–Kier alpha value is -3.04. The van der Waals surface area contributed by atoms with Gasteiger partial charge in [0.15, 0.2) is 11.5 Å². The number of ether oxygens (including phenoxy) is 6. The van der Waals surface area contributed by atoms with E-state index in [1.54, 1.807) is 13.8 Å². The lowest BCUT2D eigenvalue weighted by molar-refractivity contribution is -0.168. The van der Waals surface area contributed by atoms with Gasteiger partial charge in [-0.05, 0) is 67.5 Å². The number of carbonyl (C=O) groups excluding carboxylic acids is 4. The van der Waals surface area contributed by atoms with E-state index in [9.17, 15) is 19.2 Å². The van der Waals surface area contributed by atoms with Crippen molar-refractivity contribution in [3.8, 4) is 0 Å². The summed E-state index contributed by atoms with van der Waals surface area (Å²) in [6, 6.07) is 0. The third-order valence-electron chi connectivity index (χ3n) is 4.75. The maximum atomic E-state index is 12.2. The fourth-order valence-corrected chi connectivity index (χ4v) is 2.79. The molecule has 0 aliphatic heterocycles. The van der Waals surface area contributed by atoms with Crippen molar-refractivity contribution in [1.29, 1.82) is 0 Å². The number of hydrogen-bond acceptors (Lipinski definition) is 10. The highest BCUT2D eigenvalue weighted by atomic mass is 16.6. The number of esters is 4. The van der Waals surface area contributed by atoms with Crippen molar-refractivity contribution in [2.24, 2.45) is 0 Å². The van der Waals surface area contributed by atoms with Crippen LogP contribution in [0, 0.1) is 0 Å². The molecule has 0 fully saturated rings. The van der Waals surface area contributed by atoms with Crippen molar-refractivity contribution in [1.82, 2.24) is 0 Å². The van der Waals surface area contributed by atoms with Crippen LogP contribution in [0.5, 0.6) is 0 Å². The molecule has 0 N–H and O–H groups in total. The molecular weight excluding hydrogens is 472 g/mol. The minimum atomic E-state index is -1.35. The summed E-state index contributed by atoms with van der Waals surface area (Å²) in [5.41, 5.74) is -2.71. The zero-order valence-electron chi connectivity index (χ0n) is 22.6. The Balaban J connectivity index is 3.99. The number of rotatable bonds is 19. The molecule has 0 amide bonds. The normalized spacial score (nSPS) is 11.2. The van der Waals surface area contributed by atoms with E-state index < -0.39 is 35.1 Å². The maximum Gasteiger partial charge on any atom is 0.372 e. The van der Waals surface area contributed by atoms with Gasteiger partial charge in [-0.2, -0.15) is 0 Å². The molecule has 0 aliphatic carbocycles. The van der Waals surface area contributed by atoms with Crippen LogP contribution in [0.3, 0.4) is 0 Å². The number of hydrogen-bond donors (Lipinski definition) is 0. The molecule has 0 aliphatic rings. The minimum absolute atomic E-state index is 0.180. The van der Waals surface area contributed by atoms with E-state index in [0.29, 0.717) is 12.8 Å². The van der Waals surface area contributed by atoms with Gasteiger partial charge in [-0.25, -0.2) is 19.2 Å².